The molecule has 6 amide bonds. The van der Waals surface area contributed by atoms with Gasteiger partial charge in [0.1, 0.15) is 54.1 Å². The fourth-order valence-electron chi connectivity index (χ4n) is 12.9. The molecule has 0 aliphatic carbocycles. The van der Waals surface area contributed by atoms with Gasteiger partial charge in [0, 0.05) is 49.2 Å². The van der Waals surface area contributed by atoms with Crippen LogP contribution in [0.5, 0.6) is 0 Å². The lowest BCUT2D eigenvalue weighted by Crippen LogP contribution is -2.55. The average molecular weight is 1440 g/mol. The van der Waals surface area contributed by atoms with Crippen LogP contribution in [0, 0.1) is 49.9 Å². The zero-order chi connectivity index (χ0) is 77.2. The molecule has 0 heterocycles. The van der Waals surface area contributed by atoms with Crippen molar-refractivity contribution < 1.29 is 86.0 Å². The highest BCUT2D eigenvalue weighted by atomic mass is 19.1. The number of hydrogen-bond donors (Lipinski definition) is 10. The quantitative estimate of drug-likeness (QED) is 0.0165. The summed E-state index contributed by atoms with van der Waals surface area (Å²) >= 11 is 0. The van der Waals surface area contributed by atoms with E-state index in [4.69, 9.17) is 61.2 Å². The van der Waals surface area contributed by atoms with E-state index < -0.39 is 85.9 Å². The summed E-state index contributed by atoms with van der Waals surface area (Å²) < 4.78 is 56.5. The zero-order valence-corrected chi connectivity index (χ0v) is 61.6. The first-order chi connectivity index (χ1) is 47.0. The molecular weight excluding hydrogens is 1340 g/mol. The minimum absolute atomic E-state index is 0. The number of rotatable bonds is 18. The second kappa shape index (κ2) is 35.1. The van der Waals surface area contributed by atoms with Gasteiger partial charge in [0.15, 0.2) is 17.5 Å². The third kappa shape index (κ3) is 22.8. The standard InChI is InChI=1S/3C25H32FN3O5.H3N/c3*1-23(2,3)25(24(4,5)6,34-22(32)28-21(30)31)18-11-9-17(10-12-18)20(27)29-33-15-16-7-13-19(26)14-8-16;/h3*7-14H,15H2,1-6H3,(H2,27,29)(H,28,32)(H,30,31);1H3. The fourth-order valence-corrected chi connectivity index (χ4v) is 12.9. The number of nitrogens with two attached hydrogens (primary N) is 3. The molecule has 28 heteroatoms. The lowest BCUT2D eigenvalue weighted by molar-refractivity contribution is -0.147. The van der Waals surface area contributed by atoms with E-state index in [1.165, 1.54) is 36.4 Å². The monoisotopic (exact) mass is 1440 g/mol. The summed E-state index contributed by atoms with van der Waals surface area (Å²) in [5.74, 6) is -0.602. The molecule has 0 saturated heterocycles. The van der Waals surface area contributed by atoms with Gasteiger partial charge in [0.25, 0.3) is 0 Å². The maximum atomic E-state index is 13.0. The Labute approximate surface area is 599 Å². The molecule has 25 nitrogen and oxygen atoms in total. The van der Waals surface area contributed by atoms with Crippen LogP contribution >= 0.6 is 0 Å². The Morgan fingerprint density at radius 1 is 0.330 bits per heavy atom. The Balaban J connectivity index is 0.000000399. The minimum Gasteiger partial charge on any atom is -0.465 e. The van der Waals surface area contributed by atoms with Crippen molar-refractivity contribution in [2.24, 2.45) is 65.2 Å². The number of hydrogen-bond acceptors (Lipinski definition) is 16. The van der Waals surface area contributed by atoms with Crippen molar-refractivity contribution in [2.75, 3.05) is 0 Å². The molecule has 6 aromatic carbocycles. The van der Waals surface area contributed by atoms with Gasteiger partial charge in [-0.15, -0.1) is 0 Å². The molecule has 0 aliphatic heterocycles. The number of amides is 6. The van der Waals surface area contributed by atoms with Gasteiger partial charge in [0.2, 0.25) is 0 Å². The van der Waals surface area contributed by atoms with Gasteiger partial charge in [-0.2, -0.15) is 0 Å². The minimum atomic E-state index is -1.50. The summed E-state index contributed by atoms with van der Waals surface area (Å²) in [4.78, 5) is 85.9. The fraction of sp³-hybridized carbons (Fsp3) is 0.400. The van der Waals surface area contributed by atoms with Crippen LogP contribution in [0.15, 0.2) is 161 Å². The molecule has 15 N–H and O–H groups in total. The van der Waals surface area contributed by atoms with Crippen molar-refractivity contribution in [3.63, 3.8) is 0 Å². The van der Waals surface area contributed by atoms with Gasteiger partial charge in [-0.05, 0) is 69.8 Å². The van der Waals surface area contributed by atoms with Crippen LogP contribution in [0.25, 0.3) is 0 Å². The molecule has 0 spiro atoms. The second-order valence-electron chi connectivity index (χ2n) is 29.9. The molecule has 6 rings (SSSR count). The van der Waals surface area contributed by atoms with Gasteiger partial charge in [0.05, 0.1) is 0 Å². The normalized spacial score (nSPS) is 12.6. The number of amidine groups is 3. The SMILES string of the molecule is CC(C)(C)C(OC(=O)NC(=O)O)(c1ccc(/C(N)=N\OCc2ccc(F)cc2)cc1)C(C)(C)C.CC(C)(C)C(OC(=O)NC(=O)O)(c1ccc(/C(N)=N\OCc2ccc(F)cc2)cc1)C(C)(C)C.CC(C)(C)C(OC(=O)NC(=O)O)(c1ccc(/C(N)=N\OCc2ccc(F)cc2)cc1)C(C)(C)C.N. The summed E-state index contributed by atoms with van der Waals surface area (Å²) in [5, 5.41) is 43.9. The Hall–Kier alpha value is -10.9. The molecule has 0 radical (unpaired) electrons. The zero-order valence-electron chi connectivity index (χ0n) is 61.6. The van der Waals surface area contributed by atoms with Crippen molar-refractivity contribution >= 4 is 54.1 Å². The highest BCUT2D eigenvalue weighted by molar-refractivity contribution is 5.98. The lowest BCUT2D eigenvalue weighted by atomic mass is 9.59. The number of halogens is 3. The maximum absolute atomic E-state index is 13.0. The van der Waals surface area contributed by atoms with Crippen LogP contribution in [0.2, 0.25) is 0 Å². The molecule has 0 atom stereocenters. The molecule has 0 aromatic heterocycles. The van der Waals surface area contributed by atoms with E-state index in [0.717, 1.165) is 16.7 Å². The molecule has 103 heavy (non-hydrogen) atoms. The van der Waals surface area contributed by atoms with Crippen LogP contribution in [0.4, 0.5) is 41.9 Å². The van der Waals surface area contributed by atoms with Gasteiger partial charge < -0.3 is 67.4 Å². The first kappa shape index (κ1) is 86.3. The number of carboxylic acid groups (broad SMARTS) is 3. The van der Waals surface area contributed by atoms with Gasteiger partial charge in [-0.25, -0.2) is 57.9 Å². The van der Waals surface area contributed by atoms with E-state index in [2.05, 4.69) is 15.5 Å². The van der Waals surface area contributed by atoms with Gasteiger partial charge >= 0.3 is 36.6 Å². The van der Waals surface area contributed by atoms with E-state index >= 15 is 0 Å². The molecule has 0 bridgehead atoms. The Kier molecular flexibility index (Phi) is 29.4. The summed E-state index contributed by atoms with van der Waals surface area (Å²) in [7, 11) is 0. The van der Waals surface area contributed by atoms with Gasteiger partial charge in [-0.1, -0.05) is 249 Å². The molecule has 560 valence electrons. The number of alkyl carbamates (subject to hydrolysis) is 3. The maximum Gasteiger partial charge on any atom is 0.417 e. The third-order valence-electron chi connectivity index (χ3n) is 16.4. The van der Waals surface area contributed by atoms with Crippen molar-refractivity contribution in [2.45, 2.75) is 161 Å². The number of benzene rings is 6. The highest BCUT2D eigenvalue weighted by Gasteiger charge is 2.58. The average Bonchev–Trinajstić information content (AvgIpc) is 0.748. The lowest BCUT2D eigenvalue weighted by Gasteiger charge is -2.52. The highest BCUT2D eigenvalue weighted by Crippen LogP contribution is 2.57. The molecule has 0 aliphatic rings. The van der Waals surface area contributed by atoms with Crippen molar-refractivity contribution in [3.8, 4) is 0 Å². The third-order valence-corrected chi connectivity index (χ3v) is 16.4. The molecule has 6 aromatic rings. The van der Waals surface area contributed by atoms with E-state index in [9.17, 15) is 41.9 Å². The largest absolute Gasteiger partial charge is 0.465 e. The Morgan fingerprint density at radius 3 is 0.660 bits per heavy atom. The van der Waals surface area contributed by atoms with Crippen molar-refractivity contribution in [1.82, 2.24) is 22.1 Å². The smallest absolute Gasteiger partial charge is 0.417 e. The van der Waals surface area contributed by atoms with Crippen LogP contribution in [0.1, 0.15) is 175 Å². The molecular formula is C75H99F3N10O15. The molecule has 0 fully saturated rings. The van der Waals surface area contributed by atoms with E-state index in [0.29, 0.717) is 33.4 Å². The first-order valence-corrected chi connectivity index (χ1v) is 32.1. The predicted octanol–water partition coefficient (Wildman–Crippen LogP) is 16.2. The summed E-state index contributed by atoms with van der Waals surface area (Å²) in [6, 6.07) is 38.5. The number of imide groups is 3. The number of nitrogens with one attached hydrogen (secondary N) is 3. The van der Waals surface area contributed by atoms with Crippen molar-refractivity contribution in [1.29, 1.82) is 0 Å². The molecule has 0 unspecified atom stereocenters. The summed E-state index contributed by atoms with van der Waals surface area (Å²) in [6.45, 7) is 34.9. The Bertz CT molecular complexity index is 3480. The van der Waals surface area contributed by atoms with Gasteiger partial charge in [-0.3, -0.25) is 0 Å². The van der Waals surface area contributed by atoms with Crippen LogP contribution in [-0.4, -0.2) is 69.4 Å². The number of oxime groups is 3. The molecule has 0 saturated carbocycles. The number of nitrogens with zero attached hydrogens (tertiary/aromatic N) is 3. The first-order valence-electron chi connectivity index (χ1n) is 32.1. The number of carbonyl (C=O) groups excluding carboxylic acids is 3. The number of ether oxygens (including phenoxy) is 3. The summed E-state index contributed by atoms with van der Waals surface area (Å²) in [5.41, 5.74) is 16.9. The predicted molar refractivity (Wildman–Crippen MR) is 385 cm³/mol. The topological polar surface area (TPSA) is 405 Å². The van der Waals surface area contributed by atoms with Crippen LogP contribution in [-0.2, 0) is 65.3 Å². The number of carbonyl (C=O) groups is 6. The van der Waals surface area contributed by atoms with E-state index in [1.807, 2.05) is 125 Å². The summed E-state index contributed by atoms with van der Waals surface area (Å²) in [6.07, 6.45) is -7.67. The second-order valence-corrected chi connectivity index (χ2v) is 29.9. The van der Waals surface area contributed by atoms with E-state index in [-0.39, 0.29) is 60.9 Å². The van der Waals surface area contributed by atoms with E-state index in [1.54, 1.807) is 125 Å². The van der Waals surface area contributed by atoms with Crippen LogP contribution in [0.3, 0.4) is 0 Å². The Morgan fingerprint density at radius 2 is 0.505 bits per heavy atom. The van der Waals surface area contributed by atoms with Crippen LogP contribution < -0.4 is 39.3 Å². The van der Waals surface area contributed by atoms with Crippen molar-refractivity contribution in [3.05, 3.63) is 213 Å².